The van der Waals surface area contributed by atoms with Crippen LogP contribution in [0.3, 0.4) is 0 Å². The zero-order valence-electron chi connectivity index (χ0n) is 11.9. The molecule has 5 N–H and O–H groups in total. The second kappa shape index (κ2) is 5.20. The molecule has 0 spiro atoms. The molecule has 0 radical (unpaired) electrons. The number of nitrogens with two attached hydrogens (primary N) is 1. The maximum absolute atomic E-state index is 12.3. The van der Waals surface area contributed by atoms with E-state index in [-0.39, 0.29) is 12.8 Å². The summed E-state index contributed by atoms with van der Waals surface area (Å²) in [4.78, 5) is 48.7. The predicted octanol–water partition coefficient (Wildman–Crippen LogP) is -1.79. The summed E-state index contributed by atoms with van der Waals surface area (Å²) in [6.45, 7) is 0. The first-order valence-corrected chi connectivity index (χ1v) is 6.79. The third kappa shape index (κ3) is 2.52. The number of carbonyl (C=O) groups excluding carboxylic acids is 2. The summed E-state index contributed by atoms with van der Waals surface area (Å²) in [6.07, 6.45) is 0.455. The van der Waals surface area contributed by atoms with Crippen LogP contribution in [0.5, 0.6) is 0 Å². The number of rotatable bonds is 3. The number of hydrogen-bond acceptors (Lipinski definition) is 5. The van der Waals surface area contributed by atoms with Crippen LogP contribution in [0, 0.1) is 0 Å². The molecule has 0 unspecified atom stereocenters. The molecule has 2 aromatic rings. The van der Waals surface area contributed by atoms with Crippen molar-refractivity contribution in [2.75, 3.05) is 0 Å². The summed E-state index contributed by atoms with van der Waals surface area (Å²) in [6, 6.07) is 7.34. The van der Waals surface area contributed by atoms with Gasteiger partial charge in [-0.25, -0.2) is 9.89 Å². The summed E-state index contributed by atoms with van der Waals surface area (Å²) >= 11 is 0. The Bertz CT molecular complexity index is 889. The van der Waals surface area contributed by atoms with Gasteiger partial charge in [0.25, 0.3) is 11.5 Å². The molecule has 1 aromatic heterocycles. The first-order valence-electron chi connectivity index (χ1n) is 6.79. The average molecular weight is 315 g/mol. The van der Waals surface area contributed by atoms with E-state index in [4.69, 9.17) is 5.73 Å². The van der Waals surface area contributed by atoms with Crippen LogP contribution < -0.4 is 22.3 Å². The van der Waals surface area contributed by atoms with Gasteiger partial charge in [0.2, 0.25) is 11.6 Å². The summed E-state index contributed by atoms with van der Waals surface area (Å²) in [5, 5.41) is 7.88. The molecular formula is C14H13N5O4. The molecule has 2 amide bonds. The highest BCUT2D eigenvalue weighted by Gasteiger charge is 2.44. The maximum Gasteiger partial charge on any atom is 0.342 e. The number of aromatic amines is 2. The Labute approximate surface area is 128 Å². The highest BCUT2D eigenvalue weighted by Crippen LogP contribution is 2.30. The summed E-state index contributed by atoms with van der Waals surface area (Å²) in [7, 11) is 0. The highest BCUT2D eigenvalue weighted by molar-refractivity contribution is 5.98. The number of aromatic nitrogens is 3. The molecule has 23 heavy (non-hydrogen) atoms. The molecule has 1 aliphatic rings. The lowest BCUT2D eigenvalue weighted by Crippen LogP contribution is -2.59. The zero-order valence-corrected chi connectivity index (χ0v) is 11.9. The lowest BCUT2D eigenvalue weighted by molar-refractivity contribution is -0.123. The van der Waals surface area contributed by atoms with Crippen molar-refractivity contribution in [3.8, 4) is 0 Å². The van der Waals surface area contributed by atoms with Gasteiger partial charge in [0, 0.05) is 12.8 Å². The fourth-order valence-corrected chi connectivity index (χ4v) is 2.72. The van der Waals surface area contributed by atoms with Gasteiger partial charge in [-0.3, -0.25) is 19.4 Å². The van der Waals surface area contributed by atoms with Gasteiger partial charge in [-0.15, -0.1) is 0 Å². The molecule has 0 saturated heterocycles. The number of nitrogens with one attached hydrogen (secondary N) is 3. The summed E-state index contributed by atoms with van der Waals surface area (Å²) < 4.78 is 0. The van der Waals surface area contributed by atoms with E-state index in [2.05, 4.69) is 10.4 Å². The Morgan fingerprint density at radius 1 is 1.17 bits per heavy atom. The van der Waals surface area contributed by atoms with Crippen LogP contribution in [0.2, 0.25) is 0 Å². The van der Waals surface area contributed by atoms with Crippen LogP contribution in [-0.4, -0.2) is 32.5 Å². The minimum absolute atomic E-state index is 0.228. The van der Waals surface area contributed by atoms with E-state index in [9.17, 15) is 19.2 Å². The van der Waals surface area contributed by atoms with Crippen molar-refractivity contribution < 1.29 is 9.59 Å². The van der Waals surface area contributed by atoms with E-state index >= 15 is 0 Å². The number of hydrogen-bond donors (Lipinski definition) is 4. The van der Waals surface area contributed by atoms with Crippen molar-refractivity contribution in [1.82, 2.24) is 20.5 Å². The van der Waals surface area contributed by atoms with Gasteiger partial charge in [-0.2, -0.15) is 5.10 Å². The van der Waals surface area contributed by atoms with Crippen molar-refractivity contribution >= 4 is 11.8 Å². The minimum atomic E-state index is -1.33. The minimum Gasteiger partial charge on any atom is -0.368 e. The van der Waals surface area contributed by atoms with Crippen molar-refractivity contribution in [3.63, 3.8) is 0 Å². The van der Waals surface area contributed by atoms with Gasteiger partial charge < -0.3 is 11.1 Å². The van der Waals surface area contributed by atoms with Gasteiger partial charge in [-0.1, -0.05) is 24.3 Å². The molecule has 1 heterocycles. The third-order valence-corrected chi connectivity index (χ3v) is 3.85. The summed E-state index contributed by atoms with van der Waals surface area (Å²) in [5.41, 5.74) is 3.64. The second-order valence-corrected chi connectivity index (χ2v) is 5.38. The third-order valence-electron chi connectivity index (χ3n) is 3.85. The maximum atomic E-state index is 12.3. The van der Waals surface area contributed by atoms with Gasteiger partial charge in [-0.05, 0) is 11.1 Å². The Balaban J connectivity index is 1.93. The van der Waals surface area contributed by atoms with Gasteiger partial charge in [0.05, 0.1) is 0 Å². The van der Waals surface area contributed by atoms with Gasteiger partial charge in [0.1, 0.15) is 5.54 Å². The molecule has 1 aliphatic carbocycles. The zero-order chi connectivity index (χ0) is 16.6. The summed E-state index contributed by atoms with van der Waals surface area (Å²) in [5.74, 6) is -1.59. The Kier molecular flexibility index (Phi) is 3.32. The number of nitrogens with zero attached hydrogens (tertiary/aromatic N) is 1. The monoisotopic (exact) mass is 315 g/mol. The molecule has 3 rings (SSSR count). The van der Waals surface area contributed by atoms with Crippen LogP contribution in [0.25, 0.3) is 0 Å². The lowest BCUT2D eigenvalue weighted by Gasteiger charge is -2.26. The van der Waals surface area contributed by atoms with Crippen molar-refractivity contribution in [3.05, 3.63) is 61.9 Å². The van der Waals surface area contributed by atoms with Crippen LogP contribution >= 0.6 is 0 Å². The Morgan fingerprint density at radius 2 is 1.78 bits per heavy atom. The van der Waals surface area contributed by atoms with Crippen molar-refractivity contribution in [2.45, 2.75) is 18.4 Å². The topological polar surface area (TPSA) is 151 Å². The Morgan fingerprint density at radius 3 is 2.30 bits per heavy atom. The molecule has 0 atom stereocenters. The van der Waals surface area contributed by atoms with Crippen molar-refractivity contribution in [2.24, 2.45) is 5.73 Å². The molecule has 0 saturated carbocycles. The number of benzene rings is 1. The van der Waals surface area contributed by atoms with E-state index in [1.807, 2.05) is 34.3 Å². The molecule has 9 nitrogen and oxygen atoms in total. The first-order chi connectivity index (χ1) is 10.9. The predicted molar refractivity (Wildman–Crippen MR) is 78.7 cm³/mol. The number of H-pyrrole nitrogens is 2. The normalized spacial score (nSPS) is 15.0. The smallest absolute Gasteiger partial charge is 0.342 e. The van der Waals surface area contributed by atoms with Crippen LogP contribution in [0.1, 0.15) is 21.6 Å². The molecule has 1 aromatic carbocycles. The van der Waals surface area contributed by atoms with E-state index in [1.165, 1.54) is 0 Å². The number of primary amides is 1. The number of amides is 2. The lowest BCUT2D eigenvalue weighted by atomic mass is 9.94. The van der Waals surface area contributed by atoms with E-state index in [0.29, 0.717) is 0 Å². The molecule has 118 valence electrons. The molecule has 0 aliphatic heterocycles. The van der Waals surface area contributed by atoms with E-state index < -0.39 is 34.3 Å². The quantitative estimate of drug-likeness (QED) is 0.527. The van der Waals surface area contributed by atoms with Gasteiger partial charge in [0.15, 0.2) is 0 Å². The first kappa shape index (κ1) is 14.7. The largest absolute Gasteiger partial charge is 0.368 e. The molecular weight excluding hydrogens is 302 g/mol. The van der Waals surface area contributed by atoms with E-state index in [0.717, 1.165) is 11.1 Å². The molecule has 0 bridgehead atoms. The SMILES string of the molecule is NC(=O)C1(NC(=O)c2n[nH]c(=O)[nH]c2=O)Cc2ccccc2C1. The van der Waals surface area contributed by atoms with E-state index in [1.54, 1.807) is 0 Å². The average Bonchev–Trinajstić information content (AvgIpc) is 2.86. The second-order valence-electron chi connectivity index (χ2n) is 5.38. The number of carbonyl (C=O) groups is 2. The Hall–Kier alpha value is -3.23. The number of fused-ring (bicyclic) bond motifs is 1. The fraction of sp³-hybridized carbons (Fsp3) is 0.214. The highest BCUT2D eigenvalue weighted by atomic mass is 16.2. The standard InChI is InChI=1S/C14H13N5O4/c15-12(22)14(5-7-3-1-2-4-8(7)6-14)17-11(21)9-10(20)16-13(23)19-18-9/h1-4H,5-6H2,(H2,15,22)(H,17,21)(H2,16,19,20,23). The van der Waals surface area contributed by atoms with Gasteiger partial charge >= 0.3 is 5.69 Å². The van der Waals surface area contributed by atoms with Crippen LogP contribution in [-0.2, 0) is 17.6 Å². The van der Waals surface area contributed by atoms with Crippen LogP contribution in [0.15, 0.2) is 33.9 Å². The van der Waals surface area contributed by atoms with Crippen LogP contribution in [0.4, 0.5) is 0 Å². The molecule has 0 fully saturated rings. The van der Waals surface area contributed by atoms with Crippen molar-refractivity contribution in [1.29, 1.82) is 0 Å². The fourth-order valence-electron chi connectivity index (χ4n) is 2.72. The molecule has 9 heteroatoms.